The van der Waals surface area contributed by atoms with Crippen molar-refractivity contribution in [2.75, 3.05) is 47.0 Å². The molecule has 2 aromatic rings. The van der Waals surface area contributed by atoms with E-state index in [-0.39, 0.29) is 5.91 Å². The quantitative estimate of drug-likeness (QED) is 0.462. The van der Waals surface area contributed by atoms with Crippen molar-refractivity contribution in [3.63, 3.8) is 0 Å². The SMILES string of the molecule is CNC[C@H](NC(=O)c1ccc(/C=C/c2ccc(CN3CCOCC3)cc2)cc1)C(=O)OC. The van der Waals surface area contributed by atoms with Gasteiger partial charge >= 0.3 is 5.97 Å². The number of hydrogen-bond donors (Lipinski definition) is 2. The second-order valence-electron chi connectivity index (χ2n) is 7.69. The molecule has 1 saturated heterocycles. The molecule has 170 valence electrons. The average Bonchev–Trinajstić information content (AvgIpc) is 2.83. The molecule has 2 N–H and O–H groups in total. The molecular weight excluding hydrogens is 406 g/mol. The minimum Gasteiger partial charge on any atom is -0.467 e. The Labute approximate surface area is 189 Å². The number of ether oxygens (including phenoxy) is 2. The zero-order chi connectivity index (χ0) is 22.8. The maximum absolute atomic E-state index is 12.4. The Bertz CT molecular complexity index is 904. The van der Waals surface area contributed by atoms with Crippen LogP contribution in [0.3, 0.4) is 0 Å². The number of hydrogen-bond acceptors (Lipinski definition) is 6. The Morgan fingerprint density at radius 3 is 2.19 bits per heavy atom. The Morgan fingerprint density at radius 2 is 1.62 bits per heavy atom. The van der Waals surface area contributed by atoms with Crippen LogP contribution in [0.25, 0.3) is 12.2 Å². The van der Waals surface area contributed by atoms with Gasteiger partial charge in [-0.3, -0.25) is 9.69 Å². The highest BCUT2D eigenvalue weighted by atomic mass is 16.5. The summed E-state index contributed by atoms with van der Waals surface area (Å²) in [5, 5.41) is 5.57. The van der Waals surface area contributed by atoms with Crippen LogP contribution in [0.2, 0.25) is 0 Å². The summed E-state index contributed by atoms with van der Waals surface area (Å²) in [6.45, 7) is 4.82. The molecule has 0 aromatic heterocycles. The van der Waals surface area contributed by atoms with Crippen LogP contribution >= 0.6 is 0 Å². The lowest BCUT2D eigenvalue weighted by molar-refractivity contribution is -0.142. The van der Waals surface area contributed by atoms with Crippen molar-refractivity contribution in [3.05, 3.63) is 70.8 Å². The van der Waals surface area contributed by atoms with Crippen molar-refractivity contribution >= 4 is 24.0 Å². The third-order valence-electron chi connectivity index (χ3n) is 5.33. The van der Waals surface area contributed by atoms with Crippen LogP contribution in [0.5, 0.6) is 0 Å². The number of nitrogens with one attached hydrogen (secondary N) is 2. The van der Waals surface area contributed by atoms with Gasteiger partial charge in [-0.25, -0.2) is 4.79 Å². The van der Waals surface area contributed by atoms with Gasteiger partial charge in [0.25, 0.3) is 5.91 Å². The summed E-state index contributed by atoms with van der Waals surface area (Å²) < 4.78 is 10.1. The van der Waals surface area contributed by atoms with E-state index in [9.17, 15) is 9.59 Å². The van der Waals surface area contributed by atoms with Gasteiger partial charge in [0, 0.05) is 31.7 Å². The molecule has 3 rings (SSSR count). The predicted octanol–water partition coefficient (Wildman–Crippen LogP) is 2.18. The summed E-state index contributed by atoms with van der Waals surface area (Å²) in [5.74, 6) is -0.801. The summed E-state index contributed by atoms with van der Waals surface area (Å²) in [7, 11) is 3.01. The van der Waals surface area contributed by atoms with E-state index in [1.54, 1.807) is 19.2 Å². The lowest BCUT2D eigenvalue weighted by atomic mass is 10.1. The van der Waals surface area contributed by atoms with Crippen LogP contribution in [0.4, 0.5) is 0 Å². The maximum Gasteiger partial charge on any atom is 0.329 e. The van der Waals surface area contributed by atoms with Crippen molar-refractivity contribution in [1.82, 2.24) is 15.5 Å². The molecule has 1 aliphatic heterocycles. The minimum atomic E-state index is -0.733. The average molecular weight is 438 g/mol. The van der Waals surface area contributed by atoms with E-state index in [0.717, 1.165) is 44.0 Å². The molecule has 0 aliphatic carbocycles. The van der Waals surface area contributed by atoms with Crippen LogP contribution in [0.15, 0.2) is 48.5 Å². The largest absolute Gasteiger partial charge is 0.467 e. The monoisotopic (exact) mass is 437 g/mol. The van der Waals surface area contributed by atoms with Crippen LogP contribution in [0.1, 0.15) is 27.0 Å². The molecule has 7 heteroatoms. The summed E-state index contributed by atoms with van der Waals surface area (Å²) in [6.07, 6.45) is 4.06. The first kappa shape index (κ1) is 23.7. The predicted molar refractivity (Wildman–Crippen MR) is 125 cm³/mol. The summed E-state index contributed by atoms with van der Waals surface area (Å²) in [6, 6.07) is 15.1. The third kappa shape index (κ3) is 7.02. The Hall–Kier alpha value is -3.00. The van der Waals surface area contributed by atoms with Crippen LogP contribution in [0, 0.1) is 0 Å². The first-order chi connectivity index (χ1) is 15.6. The van der Waals surface area contributed by atoms with Crippen LogP contribution in [-0.2, 0) is 20.8 Å². The molecule has 7 nitrogen and oxygen atoms in total. The van der Waals surface area contributed by atoms with Gasteiger partial charge in [0.05, 0.1) is 20.3 Å². The molecule has 2 aromatic carbocycles. The lowest BCUT2D eigenvalue weighted by Crippen LogP contribution is -2.47. The number of esters is 1. The minimum absolute atomic E-state index is 0.296. The van der Waals surface area contributed by atoms with Crippen molar-refractivity contribution in [3.8, 4) is 0 Å². The fourth-order valence-corrected chi connectivity index (χ4v) is 3.47. The van der Waals surface area contributed by atoms with E-state index in [1.165, 1.54) is 12.7 Å². The molecule has 0 bridgehead atoms. The van der Waals surface area contributed by atoms with Crippen molar-refractivity contribution < 1.29 is 19.1 Å². The van der Waals surface area contributed by atoms with Gasteiger partial charge in [-0.15, -0.1) is 0 Å². The topological polar surface area (TPSA) is 79.9 Å². The number of benzene rings is 2. The second kappa shape index (κ2) is 12.1. The van der Waals surface area contributed by atoms with E-state index in [2.05, 4.69) is 39.8 Å². The zero-order valence-corrected chi connectivity index (χ0v) is 18.7. The first-order valence-corrected chi connectivity index (χ1v) is 10.8. The fraction of sp³-hybridized carbons (Fsp3) is 0.360. The number of amides is 1. The first-order valence-electron chi connectivity index (χ1n) is 10.8. The molecule has 1 fully saturated rings. The molecule has 1 amide bonds. The standard InChI is InChI=1S/C25H31N3O4/c1-26-17-23(25(30)31-2)27-24(29)22-11-9-20(10-12-22)4-3-19-5-7-21(8-6-19)18-28-13-15-32-16-14-28/h3-12,23,26H,13-18H2,1-2H3,(H,27,29)/b4-3+/t23-/m0/s1. The maximum atomic E-state index is 12.4. The molecular formula is C25H31N3O4. The number of carbonyl (C=O) groups is 2. The summed E-state index contributed by atoms with van der Waals surface area (Å²) >= 11 is 0. The van der Waals surface area contributed by atoms with E-state index < -0.39 is 12.0 Å². The van der Waals surface area contributed by atoms with Gasteiger partial charge in [-0.1, -0.05) is 48.6 Å². The number of nitrogens with zero attached hydrogens (tertiary/aromatic N) is 1. The normalized spacial score (nSPS) is 15.4. The number of carbonyl (C=O) groups excluding carboxylic acids is 2. The van der Waals surface area contributed by atoms with Gasteiger partial charge in [-0.05, 0) is 35.9 Å². The Balaban J connectivity index is 1.55. The summed E-state index contributed by atoms with van der Waals surface area (Å²) in [4.78, 5) is 26.6. The molecule has 0 radical (unpaired) electrons. The number of morpholine rings is 1. The molecule has 32 heavy (non-hydrogen) atoms. The van der Waals surface area contributed by atoms with E-state index in [0.29, 0.717) is 12.1 Å². The Morgan fingerprint density at radius 1 is 1.03 bits per heavy atom. The highest BCUT2D eigenvalue weighted by molar-refractivity contribution is 5.97. The van der Waals surface area contributed by atoms with Gasteiger partial charge in [0.15, 0.2) is 0 Å². The van der Waals surface area contributed by atoms with Crippen LogP contribution < -0.4 is 10.6 Å². The molecule has 0 unspecified atom stereocenters. The highest BCUT2D eigenvalue weighted by Crippen LogP contribution is 2.13. The van der Waals surface area contributed by atoms with Crippen molar-refractivity contribution in [2.45, 2.75) is 12.6 Å². The molecule has 0 spiro atoms. The van der Waals surface area contributed by atoms with E-state index in [4.69, 9.17) is 9.47 Å². The van der Waals surface area contributed by atoms with Crippen molar-refractivity contribution in [1.29, 1.82) is 0 Å². The van der Waals surface area contributed by atoms with Gasteiger partial charge in [-0.2, -0.15) is 0 Å². The summed E-state index contributed by atoms with van der Waals surface area (Å²) in [5.41, 5.74) is 3.88. The van der Waals surface area contributed by atoms with Crippen molar-refractivity contribution in [2.24, 2.45) is 0 Å². The molecule has 1 heterocycles. The van der Waals surface area contributed by atoms with Gasteiger partial charge in [0.2, 0.25) is 0 Å². The zero-order valence-electron chi connectivity index (χ0n) is 18.7. The molecule has 1 atom stereocenters. The lowest BCUT2D eigenvalue weighted by Gasteiger charge is -2.26. The smallest absolute Gasteiger partial charge is 0.329 e. The number of methoxy groups -OCH3 is 1. The fourth-order valence-electron chi connectivity index (χ4n) is 3.47. The van der Waals surface area contributed by atoms with Gasteiger partial charge in [0.1, 0.15) is 6.04 Å². The highest BCUT2D eigenvalue weighted by Gasteiger charge is 2.21. The third-order valence-corrected chi connectivity index (χ3v) is 5.33. The molecule has 0 saturated carbocycles. The Kier molecular flexibility index (Phi) is 8.98. The van der Waals surface area contributed by atoms with E-state index in [1.807, 2.05) is 24.3 Å². The number of rotatable bonds is 9. The van der Waals surface area contributed by atoms with Gasteiger partial charge < -0.3 is 20.1 Å². The number of likely N-dealkylation sites (N-methyl/N-ethyl adjacent to an activating group) is 1. The van der Waals surface area contributed by atoms with Crippen LogP contribution in [-0.4, -0.2) is 69.8 Å². The second-order valence-corrected chi connectivity index (χ2v) is 7.69. The van der Waals surface area contributed by atoms with E-state index >= 15 is 0 Å². The molecule has 1 aliphatic rings.